The molecule has 2 rings (SSSR count). The monoisotopic (exact) mass is 307 g/mol. The highest BCUT2D eigenvalue weighted by molar-refractivity contribution is 8.01. The van der Waals surface area contributed by atoms with Crippen LogP contribution in [0.1, 0.15) is 32.2 Å². The number of aryl methyl sites for hydroxylation is 1. The molecule has 0 radical (unpaired) electrons. The Morgan fingerprint density at radius 2 is 2.00 bits per heavy atom. The molecule has 0 bridgehead atoms. The topological polar surface area (TPSA) is 37.8 Å². The van der Waals surface area contributed by atoms with Crippen LogP contribution in [0, 0.1) is 5.92 Å². The van der Waals surface area contributed by atoms with Gasteiger partial charge < -0.3 is 5.32 Å². The molecule has 1 N–H and O–H groups in total. The normalized spacial score (nSPS) is 11.2. The molecule has 3 nitrogen and oxygen atoms in total. The van der Waals surface area contributed by atoms with Gasteiger partial charge in [0.05, 0.1) is 0 Å². The molecule has 0 fully saturated rings. The van der Waals surface area contributed by atoms with E-state index < -0.39 is 0 Å². The third kappa shape index (κ3) is 4.89. The van der Waals surface area contributed by atoms with E-state index in [9.17, 15) is 0 Å². The van der Waals surface area contributed by atoms with E-state index in [-0.39, 0.29) is 0 Å². The zero-order chi connectivity index (χ0) is 14.4. The number of aromatic nitrogens is 2. The predicted molar refractivity (Wildman–Crippen MR) is 86.4 cm³/mol. The maximum atomic E-state index is 4.47. The summed E-state index contributed by atoms with van der Waals surface area (Å²) in [6, 6.07) is 8.67. The Morgan fingerprint density at radius 1 is 1.25 bits per heavy atom. The molecule has 108 valence electrons. The molecule has 0 amide bonds. The number of nitrogens with one attached hydrogen (secondary N) is 1. The molecule has 0 atom stereocenters. The van der Waals surface area contributed by atoms with Crippen molar-refractivity contribution in [3.05, 3.63) is 35.7 Å². The van der Waals surface area contributed by atoms with Gasteiger partial charge in [-0.05, 0) is 41.7 Å². The SMILES string of the molecule is CCc1nsc(Sc2ccc(CNCC(C)C)cc2)n1. The van der Waals surface area contributed by atoms with E-state index in [4.69, 9.17) is 0 Å². The van der Waals surface area contributed by atoms with Gasteiger partial charge in [0, 0.05) is 17.9 Å². The van der Waals surface area contributed by atoms with Crippen molar-refractivity contribution in [1.29, 1.82) is 0 Å². The summed E-state index contributed by atoms with van der Waals surface area (Å²) in [4.78, 5) is 5.69. The van der Waals surface area contributed by atoms with E-state index in [1.807, 2.05) is 0 Å². The van der Waals surface area contributed by atoms with Gasteiger partial charge >= 0.3 is 0 Å². The van der Waals surface area contributed by atoms with Gasteiger partial charge in [-0.2, -0.15) is 4.37 Å². The van der Waals surface area contributed by atoms with Crippen molar-refractivity contribution < 1.29 is 0 Å². The maximum absolute atomic E-state index is 4.47. The average molecular weight is 307 g/mol. The molecule has 5 heteroatoms. The van der Waals surface area contributed by atoms with E-state index in [2.05, 4.69) is 59.7 Å². The summed E-state index contributed by atoms with van der Waals surface area (Å²) in [5, 5.41) is 3.45. The molecule has 0 aliphatic carbocycles. The fourth-order valence-electron chi connectivity index (χ4n) is 1.70. The van der Waals surface area contributed by atoms with Crippen molar-refractivity contribution >= 4 is 23.3 Å². The van der Waals surface area contributed by atoms with Crippen LogP contribution >= 0.6 is 23.3 Å². The van der Waals surface area contributed by atoms with Crippen LogP contribution in [0.25, 0.3) is 0 Å². The fraction of sp³-hybridized carbons (Fsp3) is 0.467. The van der Waals surface area contributed by atoms with Gasteiger partial charge in [0.2, 0.25) is 0 Å². The molecule has 1 aromatic heterocycles. The minimum Gasteiger partial charge on any atom is -0.312 e. The molecule has 0 saturated heterocycles. The third-order valence-corrected chi connectivity index (χ3v) is 4.57. The smallest absolute Gasteiger partial charge is 0.174 e. The highest BCUT2D eigenvalue weighted by Crippen LogP contribution is 2.29. The number of nitrogens with zero attached hydrogens (tertiary/aromatic N) is 2. The molecule has 0 aliphatic rings. The second-order valence-corrected chi connectivity index (χ2v) is 7.17. The Morgan fingerprint density at radius 3 is 2.60 bits per heavy atom. The van der Waals surface area contributed by atoms with E-state index in [0.29, 0.717) is 5.92 Å². The lowest BCUT2D eigenvalue weighted by atomic mass is 10.2. The van der Waals surface area contributed by atoms with Crippen LogP contribution < -0.4 is 5.32 Å². The number of rotatable bonds is 7. The van der Waals surface area contributed by atoms with Gasteiger partial charge in [-0.1, -0.05) is 44.7 Å². The van der Waals surface area contributed by atoms with Crippen LogP contribution in [0.2, 0.25) is 0 Å². The van der Waals surface area contributed by atoms with Crippen molar-refractivity contribution in [1.82, 2.24) is 14.7 Å². The Hall–Kier alpha value is -0.910. The summed E-state index contributed by atoms with van der Waals surface area (Å²) in [5.74, 6) is 1.63. The summed E-state index contributed by atoms with van der Waals surface area (Å²) in [7, 11) is 0. The minimum absolute atomic E-state index is 0.690. The van der Waals surface area contributed by atoms with Crippen LogP contribution in [-0.4, -0.2) is 15.9 Å². The Labute approximate surface area is 129 Å². The summed E-state index contributed by atoms with van der Waals surface area (Å²) >= 11 is 3.17. The molecule has 20 heavy (non-hydrogen) atoms. The summed E-state index contributed by atoms with van der Waals surface area (Å²) in [6.07, 6.45) is 0.900. The predicted octanol–water partition coefficient (Wildman–Crippen LogP) is 4.00. The second kappa shape index (κ2) is 7.76. The molecule has 0 unspecified atom stereocenters. The first-order chi connectivity index (χ1) is 9.67. The highest BCUT2D eigenvalue weighted by Gasteiger charge is 2.04. The largest absolute Gasteiger partial charge is 0.312 e. The quantitative estimate of drug-likeness (QED) is 0.839. The van der Waals surface area contributed by atoms with Crippen molar-refractivity contribution in [3.63, 3.8) is 0 Å². The Balaban J connectivity index is 1.87. The zero-order valence-corrected chi connectivity index (χ0v) is 13.9. The van der Waals surface area contributed by atoms with Crippen molar-refractivity contribution in [3.8, 4) is 0 Å². The van der Waals surface area contributed by atoms with Crippen LogP contribution in [0.3, 0.4) is 0 Å². The fourth-order valence-corrected chi connectivity index (χ4v) is 3.38. The van der Waals surface area contributed by atoms with Gasteiger partial charge in [0.1, 0.15) is 5.82 Å². The van der Waals surface area contributed by atoms with Crippen molar-refractivity contribution in [2.24, 2.45) is 5.92 Å². The summed E-state index contributed by atoms with van der Waals surface area (Å²) in [6.45, 7) is 8.51. The van der Waals surface area contributed by atoms with Crippen molar-refractivity contribution in [2.75, 3.05) is 6.54 Å². The number of hydrogen-bond acceptors (Lipinski definition) is 5. The van der Waals surface area contributed by atoms with Gasteiger partial charge in [0.25, 0.3) is 0 Å². The lowest BCUT2D eigenvalue weighted by molar-refractivity contribution is 0.552. The van der Waals surface area contributed by atoms with Crippen LogP contribution in [0.15, 0.2) is 33.5 Å². The molecule has 2 aromatic rings. The number of benzene rings is 1. The molecule has 0 spiro atoms. The standard InChI is InChI=1S/C15H21N3S2/c1-4-14-17-15(20-18-14)19-13-7-5-12(6-8-13)10-16-9-11(2)3/h5-8,11,16H,4,9-10H2,1-3H3. The molecule has 1 heterocycles. The third-order valence-electron chi connectivity index (χ3n) is 2.78. The van der Waals surface area contributed by atoms with Gasteiger partial charge in [-0.3, -0.25) is 0 Å². The molecular formula is C15H21N3S2. The van der Waals surface area contributed by atoms with Gasteiger partial charge in [-0.25, -0.2) is 4.98 Å². The Kier molecular flexibility index (Phi) is 6.01. The second-order valence-electron chi connectivity index (χ2n) is 5.10. The van der Waals surface area contributed by atoms with E-state index >= 15 is 0 Å². The molecule has 0 saturated carbocycles. The van der Waals surface area contributed by atoms with Crippen LogP contribution in [-0.2, 0) is 13.0 Å². The molecule has 1 aromatic carbocycles. The average Bonchev–Trinajstić information content (AvgIpc) is 2.88. The lowest BCUT2D eigenvalue weighted by Gasteiger charge is -2.07. The summed E-state index contributed by atoms with van der Waals surface area (Å²) < 4.78 is 5.33. The first-order valence-corrected chi connectivity index (χ1v) is 8.56. The lowest BCUT2D eigenvalue weighted by Crippen LogP contribution is -2.18. The molecular weight excluding hydrogens is 286 g/mol. The van der Waals surface area contributed by atoms with Crippen LogP contribution in [0.5, 0.6) is 0 Å². The Bertz CT molecular complexity index is 520. The van der Waals surface area contributed by atoms with Crippen molar-refractivity contribution in [2.45, 2.75) is 43.0 Å². The van der Waals surface area contributed by atoms with E-state index in [1.165, 1.54) is 22.0 Å². The zero-order valence-electron chi connectivity index (χ0n) is 12.2. The first kappa shape index (κ1) is 15.5. The maximum Gasteiger partial charge on any atom is 0.174 e. The van der Waals surface area contributed by atoms with Gasteiger partial charge in [-0.15, -0.1) is 0 Å². The molecule has 0 aliphatic heterocycles. The minimum atomic E-state index is 0.690. The van der Waals surface area contributed by atoms with Crippen LogP contribution in [0.4, 0.5) is 0 Å². The van der Waals surface area contributed by atoms with E-state index in [0.717, 1.165) is 29.7 Å². The highest BCUT2D eigenvalue weighted by atomic mass is 32.2. The van der Waals surface area contributed by atoms with E-state index in [1.54, 1.807) is 11.8 Å². The summed E-state index contributed by atoms with van der Waals surface area (Å²) in [5.41, 5.74) is 1.32. The number of hydrogen-bond donors (Lipinski definition) is 1. The first-order valence-electron chi connectivity index (χ1n) is 6.97. The van der Waals surface area contributed by atoms with Gasteiger partial charge in [0.15, 0.2) is 4.34 Å².